The monoisotopic (exact) mass is 208 g/mol. The van der Waals surface area contributed by atoms with E-state index >= 15 is 0 Å². The van der Waals surface area contributed by atoms with E-state index in [1.807, 2.05) is 0 Å². The van der Waals surface area contributed by atoms with Crippen LogP contribution in [0, 0.1) is 5.92 Å². The molecular formula is C11H16N2O2. The lowest BCUT2D eigenvalue weighted by atomic mass is 10.1. The van der Waals surface area contributed by atoms with Gasteiger partial charge in [0.2, 0.25) is 5.91 Å². The van der Waals surface area contributed by atoms with E-state index in [1.54, 1.807) is 6.08 Å². The van der Waals surface area contributed by atoms with Gasteiger partial charge in [-0.25, -0.2) is 0 Å². The summed E-state index contributed by atoms with van der Waals surface area (Å²) in [5, 5.41) is 5.93. The fourth-order valence-electron chi connectivity index (χ4n) is 2.13. The molecular weight excluding hydrogens is 192 g/mol. The maximum absolute atomic E-state index is 11.8. The topological polar surface area (TPSA) is 58.2 Å². The number of nitrogens with one attached hydrogen (secondary N) is 2. The number of hydrogen-bond acceptors (Lipinski definition) is 3. The maximum Gasteiger partial charge on any atom is 0.237 e. The Balaban J connectivity index is 1.93. The zero-order valence-electron chi connectivity index (χ0n) is 8.66. The molecule has 2 rings (SSSR count). The molecule has 1 aliphatic heterocycles. The van der Waals surface area contributed by atoms with Crippen LogP contribution in [0.2, 0.25) is 0 Å². The molecule has 2 aliphatic rings. The van der Waals surface area contributed by atoms with Crippen LogP contribution in [0.5, 0.6) is 0 Å². The van der Waals surface area contributed by atoms with Gasteiger partial charge in [0.1, 0.15) is 11.8 Å². The SMILES string of the molecule is C=C[C@@H]1C[C@@]1(C=O)NC(=O)[C@@H]1CCCN1. The molecule has 0 radical (unpaired) electrons. The van der Waals surface area contributed by atoms with Crippen LogP contribution in [0.4, 0.5) is 0 Å². The van der Waals surface area contributed by atoms with Gasteiger partial charge in [-0.15, -0.1) is 6.58 Å². The highest BCUT2D eigenvalue weighted by molar-refractivity contribution is 5.88. The molecule has 4 heteroatoms. The zero-order valence-corrected chi connectivity index (χ0v) is 8.66. The first-order chi connectivity index (χ1) is 7.22. The van der Waals surface area contributed by atoms with Gasteiger partial charge in [-0.05, 0) is 25.8 Å². The lowest BCUT2D eigenvalue weighted by Gasteiger charge is -2.15. The van der Waals surface area contributed by atoms with E-state index in [2.05, 4.69) is 17.2 Å². The molecule has 1 heterocycles. The standard InChI is InChI=1S/C11H16N2O2/c1-2-8-6-11(8,7-14)13-10(15)9-4-3-5-12-9/h2,7-9,12H,1,3-6H2,(H,13,15)/t8-,9+,11+/m1/s1. The molecule has 1 aliphatic carbocycles. The summed E-state index contributed by atoms with van der Waals surface area (Å²) in [6.07, 6.45) is 5.15. The molecule has 0 bridgehead atoms. The van der Waals surface area contributed by atoms with E-state index in [4.69, 9.17) is 0 Å². The van der Waals surface area contributed by atoms with Crippen molar-refractivity contribution in [1.29, 1.82) is 0 Å². The van der Waals surface area contributed by atoms with Crippen LogP contribution in [-0.4, -0.2) is 30.3 Å². The summed E-state index contributed by atoms with van der Waals surface area (Å²) in [7, 11) is 0. The molecule has 1 amide bonds. The van der Waals surface area contributed by atoms with E-state index < -0.39 is 5.54 Å². The number of hydrogen-bond donors (Lipinski definition) is 2. The average Bonchev–Trinajstić information content (AvgIpc) is 2.70. The lowest BCUT2D eigenvalue weighted by molar-refractivity contribution is -0.126. The quantitative estimate of drug-likeness (QED) is 0.505. The van der Waals surface area contributed by atoms with Crippen LogP contribution >= 0.6 is 0 Å². The second-order valence-electron chi connectivity index (χ2n) is 4.34. The lowest BCUT2D eigenvalue weighted by Crippen LogP contribution is -2.48. The highest BCUT2D eigenvalue weighted by Gasteiger charge is 2.54. The predicted octanol–water partition coefficient (Wildman–Crippen LogP) is -0.00180. The van der Waals surface area contributed by atoms with Crippen molar-refractivity contribution < 1.29 is 9.59 Å². The number of rotatable bonds is 4. The molecule has 4 nitrogen and oxygen atoms in total. The van der Waals surface area contributed by atoms with E-state index in [0.717, 1.165) is 25.7 Å². The van der Waals surface area contributed by atoms with Gasteiger partial charge in [0, 0.05) is 5.92 Å². The fraction of sp³-hybridized carbons (Fsp3) is 0.636. The Morgan fingerprint density at radius 1 is 1.60 bits per heavy atom. The predicted molar refractivity (Wildman–Crippen MR) is 56.3 cm³/mol. The van der Waals surface area contributed by atoms with Crippen molar-refractivity contribution in [2.75, 3.05) is 6.54 Å². The van der Waals surface area contributed by atoms with Crippen LogP contribution in [0.3, 0.4) is 0 Å². The summed E-state index contributed by atoms with van der Waals surface area (Å²) in [5.41, 5.74) is -0.650. The first kappa shape index (κ1) is 10.4. The summed E-state index contributed by atoms with van der Waals surface area (Å²) in [6, 6.07) is -0.118. The van der Waals surface area contributed by atoms with Gasteiger partial charge < -0.3 is 15.4 Å². The molecule has 3 atom stereocenters. The van der Waals surface area contributed by atoms with E-state index in [9.17, 15) is 9.59 Å². The van der Waals surface area contributed by atoms with Crippen molar-refractivity contribution in [2.24, 2.45) is 5.92 Å². The Morgan fingerprint density at radius 3 is 2.87 bits per heavy atom. The number of carbonyl (C=O) groups excluding carboxylic acids is 2. The Labute approximate surface area is 89.1 Å². The number of carbonyl (C=O) groups is 2. The number of aldehydes is 1. The Hall–Kier alpha value is -1.16. The summed E-state index contributed by atoms with van der Waals surface area (Å²) in [6.45, 7) is 4.53. The van der Waals surface area contributed by atoms with Crippen LogP contribution < -0.4 is 10.6 Å². The molecule has 2 N–H and O–H groups in total. The van der Waals surface area contributed by atoms with Gasteiger partial charge >= 0.3 is 0 Å². The minimum atomic E-state index is -0.650. The Bertz CT molecular complexity index is 297. The van der Waals surface area contributed by atoms with Crippen LogP contribution in [0.25, 0.3) is 0 Å². The van der Waals surface area contributed by atoms with E-state index in [0.29, 0.717) is 6.42 Å². The van der Waals surface area contributed by atoms with E-state index in [1.165, 1.54) is 0 Å². The van der Waals surface area contributed by atoms with Crippen molar-refractivity contribution in [3.8, 4) is 0 Å². The average molecular weight is 208 g/mol. The molecule has 82 valence electrons. The minimum Gasteiger partial charge on any atom is -0.342 e. The molecule has 1 saturated heterocycles. The largest absolute Gasteiger partial charge is 0.342 e. The maximum atomic E-state index is 11.8. The second kappa shape index (κ2) is 3.77. The fourth-order valence-corrected chi connectivity index (χ4v) is 2.13. The molecule has 1 saturated carbocycles. The highest BCUT2D eigenvalue weighted by atomic mass is 16.2. The Morgan fingerprint density at radius 2 is 2.40 bits per heavy atom. The molecule has 0 aromatic heterocycles. The van der Waals surface area contributed by atoms with Crippen LogP contribution in [0.15, 0.2) is 12.7 Å². The van der Waals surface area contributed by atoms with Crippen molar-refractivity contribution in [3.05, 3.63) is 12.7 Å². The smallest absolute Gasteiger partial charge is 0.237 e. The van der Waals surface area contributed by atoms with Gasteiger partial charge in [0.25, 0.3) is 0 Å². The molecule has 0 aromatic rings. The molecule has 15 heavy (non-hydrogen) atoms. The van der Waals surface area contributed by atoms with Crippen molar-refractivity contribution in [3.63, 3.8) is 0 Å². The third kappa shape index (κ3) is 1.81. The summed E-state index contributed by atoms with van der Waals surface area (Å²) in [5.74, 6) is 0.0595. The van der Waals surface area contributed by atoms with Crippen LogP contribution in [-0.2, 0) is 9.59 Å². The van der Waals surface area contributed by atoms with Gasteiger partial charge in [-0.3, -0.25) is 4.79 Å². The number of amides is 1. The summed E-state index contributed by atoms with van der Waals surface area (Å²) >= 11 is 0. The van der Waals surface area contributed by atoms with Crippen molar-refractivity contribution >= 4 is 12.2 Å². The third-order valence-electron chi connectivity index (χ3n) is 3.29. The summed E-state index contributed by atoms with van der Waals surface area (Å²) < 4.78 is 0. The van der Waals surface area contributed by atoms with Crippen molar-refractivity contribution in [1.82, 2.24) is 10.6 Å². The second-order valence-corrected chi connectivity index (χ2v) is 4.34. The first-order valence-corrected chi connectivity index (χ1v) is 5.36. The van der Waals surface area contributed by atoms with E-state index in [-0.39, 0.29) is 17.9 Å². The summed E-state index contributed by atoms with van der Waals surface area (Å²) in [4.78, 5) is 22.7. The van der Waals surface area contributed by atoms with Gasteiger partial charge in [0.05, 0.1) is 6.04 Å². The normalized spacial score (nSPS) is 38.4. The highest BCUT2D eigenvalue weighted by Crippen LogP contribution is 2.42. The third-order valence-corrected chi connectivity index (χ3v) is 3.29. The Kier molecular flexibility index (Phi) is 2.61. The minimum absolute atomic E-state index is 0.0519. The van der Waals surface area contributed by atoms with Crippen LogP contribution in [0.1, 0.15) is 19.3 Å². The zero-order chi connectivity index (χ0) is 10.9. The molecule has 0 aromatic carbocycles. The molecule has 0 spiro atoms. The molecule has 2 fully saturated rings. The van der Waals surface area contributed by atoms with Crippen molar-refractivity contribution in [2.45, 2.75) is 30.8 Å². The van der Waals surface area contributed by atoms with Gasteiger partial charge in [-0.2, -0.15) is 0 Å². The van der Waals surface area contributed by atoms with Gasteiger partial charge in [-0.1, -0.05) is 6.08 Å². The first-order valence-electron chi connectivity index (χ1n) is 5.36. The van der Waals surface area contributed by atoms with Gasteiger partial charge in [0.15, 0.2) is 0 Å². The molecule has 0 unspecified atom stereocenters.